The lowest BCUT2D eigenvalue weighted by atomic mass is 10.1. The van der Waals surface area contributed by atoms with E-state index in [1.807, 2.05) is 30.3 Å². The van der Waals surface area contributed by atoms with E-state index in [4.69, 9.17) is 27.9 Å². The SMILES string of the molecule is COc1cccc(NC(CO)c2ccc(Cl)c(Cl)c2)c1. The molecule has 0 radical (unpaired) electrons. The molecular weight excluding hydrogens is 297 g/mol. The van der Waals surface area contributed by atoms with E-state index in [0.717, 1.165) is 17.0 Å². The number of rotatable bonds is 5. The Morgan fingerprint density at radius 1 is 1.15 bits per heavy atom. The van der Waals surface area contributed by atoms with Gasteiger partial charge in [-0.1, -0.05) is 35.3 Å². The van der Waals surface area contributed by atoms with E-state index in [-0.39, 0.29) is 12.6 Å². The van der Waals surface area contributed by atoms with Crippen molar-refractivity contribution in [1.29, 1.82) is 0 Å². The molecular formula is C15H15Cl2NO2. The summed E-state index contributed by atoms with van der Waals surface area (Å²) >= 11 is 11.9. The highest BCUT2D eigenvalue weighted by atomic mass is 35.5. The maximum atomic E-state index is 9.56. The number of nitrogens with one attached hydrogen (secondary N) is 1. The smallest absolute Gasteiger partial charge is 0.120 e. The number of aliphatic hydroxyl groups is 1. The maximum Gasteiger partial charge on any atom is 0.120 e. The molecule has 2 aromatic rings. The minimum atomic E-state index is -0.267. The Kier molecular flexibility index (Phi) is 5.12. The van der Waals surface area contributed by atoms with Gasteiger partial charge < -0.3 is 15.2 Å². The Labute approximate surface area is 128 Å². The van der Waals surface area contributed by atoms with Crippen LogP contribution >= 0.6 is 23.2 Å². The van der Waals surface area contributed by atoms with Gasteiger partial charge in [0.25, 0.3) is 0 Å². The molecule has 0 aliphatic rings. The van der Waals surface area contributed by atoms with Crippen molar-refractivity contribution in [3.8, 4) is 5.75 Å². The zero-order valence-corrected chi connectivity index (χ0v) is 12.4. The molecule has 0 spiro atoms. The van der Waals surface area contributed by atoms with Gasteiger partial charge in [-0.3, -0.25) is 0 Å². The van der Waals surface area contributed by atoms with Gasteiger partial charge in [-0.05, 0) is 29.8 Å². The monoisotopic (exact) mass is 311 g/mol. The lowest BCUT2D eigenvalue weighted by Crippen LogP contribution is -2.14. The third kappa shape index (κ3) is 3.57. The molecule has 2 rings (SSSR count). The topological polar surface area (TPSA) is 41.5 Å². The second-order valence-electron chi connectivity index (χ2n) is 4.28. The number of aliphatic hydroxyl groups excluding tert-OH is 1. The van der Waals surface area contributed by atoms with Gasteiger partial charge in [0.05, 0.1) is 29.8 Å². The molecule has 0 fully saturated rings. The molecule has 0 saturated heterocycles. The van der Waals surface area contributed by atoms with Crippen molar-refractivity contribution in [1.82, 2.24) is 0 Å². The number of hydrogen-bond acceptors (Lipinski definition) is 3. The lowest BCUT2D eigenvalue weighted by Gasteiger charge is -2.19. The molecule has 106 valence electrons. The van der Waals surface area contributed by atoms with Crippen molar-refractivity contribution >= 4 is 28.9 Å². The summed E-state index contributed by atoms with van der Waals surface area (Å²) in [5.41, 5.74) is 1.72. The van der Waals surface area contributed by atoms with E-state index in [0.29, 0.717) is 10.0 Å². The summed E-state index contributed by atoms with van der Waals surface area (Å²) < 4.78 is 5.17. The van der Waals surface area contributed by atoms with Gasteiger partial charge in [-0.2, -0.15) is 0 Å². The van der Waals surface area contributed by atoms with Crippen molar-refractivity contribution < 1.29 is 9.84 Å². The number of anilines is 1. The maximum absolute atomic E-state index is 9.56. The van der Waals surface area contributed by atoms with Crippen molar-refractivity contribution in [2.45, 2.75) is 6.04 Å². The van der Waals surface area contributed by atoms with E-state index in [2.05, 4.69) is 5.32 Å². The number of benzene rings is 2. The summed E-state index contributed by atoms with van der Waals surface area (Å²) in [5.74, 6) is 0.751. The van der Waals surface area contributed by atoms with Gasteiger partial charge >= 0.3 is 0 Å². The minimum Gasteiger partial charge on any atom is -0.497 e. The predicted octanol–water partition coefficient (Wildman–Crippen LogP) is 4.15. The molecule has 2 N–H and O–H groups in total. The molecule has 0 heterocycles. The first-order valence-electron chi connectivity index (χ1n) is 6.10. The predicted molar refractivity (Wildman–Crippen MR) is 82.9 cm³/mol. The number of ether oxygens (including phenoxy) is 1. The fourth-order valence-electron chi connectivity index (χ4n) is 1.88. The fourth-order valence-corrected chi connectivity index (χ4v) is 2.18. The number of methoxy groups -OCH3 is 1. The summed E-state index contributed by atoms with van der Waals surface area (Å²) in [6, 6.07) is 12.5. The van der Waals surface area contributed by atoms with E-state index in [1.54, 1.807) is 19.2 Å². The van der Waals surface area contributed by atoms with E-state index >= 15 is 0 Å². The van der Waals surface area contributed by atoms with Crippen molar-refractivity contribution in [3.63, 3.8) is 0 Å². The van der Waals surface area contributed by atoms with E-state index in [1.165, 1.54) is 0 Å². The molecule has 3 nitrogen and oxygen atoms in total. The first kappa shape index (κ1) is 15.0. The molecule has 20 heavy (non-hydrogen) atoms. The van der Waals surface area contributed by atoms with Crippen LogP contribution in [-0.4, -0.2) is 18.8 Å². The first-order valence-corrected chi connectivity index (χ1v) is 6.86. The Balaban J connectivity index is 2.21. The quantitative estimate of drug-likeness (QED) is 0.871. The summed E-state index contributed by atoms with van der Waals surface area (Å²) in [7, 11) is 1.61. The van der Waals surface area contributed by atoms with Gasteiger partial charge in [0, 0.05) is 11.8 Å². The van der Waals surface area contributed by atoms with Crippen LogP contribution in [0.25, 0.3) is 0 Å². The molecule has 0 aromatic heterocycles. The third-order valence-corrected chi connectivity index (χ3v) is 3.68. The van der Waals surface area contributed by atoms with Crippen molar-refractivity contribution in [3.05, 3.63) is 58.1 Å². The van der Waals surface area contributed by atoms with Crippen LogP contribution in [0, 0.1) is 0 Å². The van der Waals surface area contributed by atoms with Crippen molar-refractivity contribution in [2.24, 2.45) is 0 Å². The van der Waals surface area contributed by atoms with Crippen LogP contribution in [0.15, 0.2) is 42.5 Å². The molecule has 1 atom stereocenters. The Morgan fingerprint density at radius 3 is 2.60 bits per heavy atom. The average molecular weight is 312 g/mol. The van der Waals surface area contributed by atoms with Crippen LogP contribution in [0.3, 0.4) is 0 Å². The summed E-state index contributed by atoms with van der Waals surface area (Å²) in [6.45, 7) is -0.0603. The van der Waals surface area contributed by atoms with Gasteiger partial charge in [-0.25, -0.2) is 0 Å². The zero-order chi connectivity index (χ0) is 14.5. The summed E-state index contributed by atoms with van der Waals surface area (Å²) in [5, 5.41) is 13.8. The zero-order valence-electron chi connectivity index (χ0n) is 10.9. The van der Waals surface area contributed by atoms with Crippen LogP contribution in [-0.2, 0) is 0 Å². The Morgan fingerprint density at radius 2 is 1.95 bits per heavy atom. The normalized spacial score (nSPS) is 12.0. The standard InChI is InChI=1S/C15H15Cl2NO2/c1-20-12-4-2-3-11(8-12)18-15(9-19)10-5-6-13(16)14(17)7-10/h2-8,15,18-19H,9H2,1H3. The second-order valence-corrected chi connectivity index (χ2v) is 5.10. The third-order valence-electron chi connectivity index (χ3n) is 2.94. The van der Waals surface area contributed by atoms with Gasteiger partial charge in [0.2, 0.25) is 0 Å². The molecule has 0 saturated carbocycles. The van der Waals surface area contributed by atoms with Crippen LogP contribution < -0.4 is 10.1 Å². The lowest BCUT2D eigenvalue weighted by molar-refractivity contribution is 0.276. The molecule has 0 amide bonds. The molecule has 5 heteroatoms. The highest BCUT2D eigenvalue weighted by Gasteiger charge is 2.12. The Bertz CT molecular complexity index is 590. The molecule has 1 unspecified atom stereocenters. The average Bonchev–Trinajstić information content (AvgIpc) is 2.48. The number of hydrogen-bond donors (Lipinski definition) is 2. The van der Waals surface area contributed by atoms with Gasteiger partial charge in [0.15, 0.2) is 0 Å². The van der Waals surface area contributed by atoms with Crippen LogP contribution in [0.4, 0.5) is 5.69 Å². The van der Waals surface area contributed by atoms with Crippen LogP contribution in [0.2, 0.25) is 10.0 Å². The molecule has 0 aliphatic heterocycles. The van der Waals surface area contributed by atoms with E-state index in [9.17, 15) is 5.11 Å². The minimum absolute atomic E-state index is 0.0603. The summed E-state index contributed by atoms with van der Waals surface area (Å²) in [6.07, 6.45) is 0. The fraction of sp³-hybridized carbons (Fsp3) is 0.200. The Hall–Kier alpha value is -1.42. The van der Waals surface area contributed by atoms with Crippen molar-refractivity contribution in [2.75, 3.05) is 19.0 Å². The molecule has 0 bridgehead atoms. The van der Waals surface area contributed by atoms with Crippen LogP contribution in [0.5, 0.6) is 5.75 Å². The highest BCUT2D eigenvalue weighted by Crippen LogP contribution is 2.28. The van der Waals surface area contributed by atoms with Gasteiger partial charge in [0.1, 0.15) is 5.75 Å². The summed E-state index contributed by atoms with van der Waals surface area (Å²) in [4.78, 5) is 0. The van der Waals surface area contributed by atoms with Crippen LogP contribution in [0.1, 0.15) is 11.6 Å². The number of halogens is 2. The second kappa shape index (κ2) is 6.84. The van der Waals surface area contributed by atoms with Gasteiger partial charge in [-0.15, -0.1) is 0 Å². The largest absolute Gasteiger partial charge is 0.497 e. The molecule has 0 aliphatic carbocycles. The molecule has 2 aromatic carbocycles. The highest BCUT2D eigenvalue weighted by molar-refractivity contribution is 6.42. The van der Waals surface area contributed by atoms with E-state index < -0.39 is 0 Å². The first-order chi connectivity index (χ1) is 9.63.